The quantitative estimate of drug-likeness (QED) is 0.604. The van der Waals surface area contributed by atoms with Gasteiger partial charge in [-0.25, -0.2) is 8.42 Å². The average Bonchev–Trinajstić information content (AvgIpc) is 2.19. The van der Waals surface area contributed by atoms with Crippen LogP contribution in [0.5, 0.6) is 0 Å². The van der Waals surface area contributed by atoms with E-state index in [4.69, 9.17) is 4.74 Å². The molecule has 0 aliphatic heterocycles. The normalized spacial score (nSPS) is 14.3. The van der Waals surface area contributed by atoms with E-state index in [0.717, 1.165) is 13.1 Å². The summed E-state index contributed by atoms with van der Waals surface area (Å²) in [5.41, 5.74) is 0. The van der Waals surface area contributed by atoms with Crippen molar-refractivity contribution in [2.75, 3.05) is 52.4 Å². The van der Waals surface area contributed by atoms with Crippen LogP contribution in [0.25, 0.3) is 0 Å². The summed E-state index contributed by atoms with van der Waals surface area (Å²) in [6.45, 7) is 4.90. The molecule has 0 rings (SSSR count). The summed E-state index contributed by atoms with van der Waals surface area (Å²) in [7, 11) is 0.688. The molecule has 5 nitrogen and oxygen atoms in total. The molecule has 0 aromatic heterocycles. The van der Waals surface area contributed by atoms with E-state index in [0.29, 0.717) is 13.2 Å². The van der Waals surface area contributed by atoms with Crippen molar-refractivity contribution in [3.63, 3.8) is 0 Å². The highest BCUT2D eigenvalue weighted by Gasteiger charge is 2.15. The fourth-order valence-corrected chi connectivity index (χ4v) is 1.96. The second kappa shape index (κ2) is 8.00. The highest BCUT2D eigenvalue weighted by atomic mass is 32.2. The molecule has 16 heavy (non-hydrogen) atoms. The molecule has 0 saturated carbocycles. The first-order chi connectivity index (χ1) is 7.40. The van der Waals surface area contributed by atoms with Gasteiger partial charge in [0.05, 0.1) is 12.4 Å². The zero-order valence-electron chi connectivity index (χ0n) is 10.7. The minimum Gasteiger partial charge on any atom is -0.383 e. The average molecular weight is 252 g/mol. The van der Waals surface area contributed by atoms with Crippen molar-refractivity contribution < 1.29 is 13.2 Å². The Bertz CT molecular complexity index is 267. The molecule has 0 aromatic rings. The highest BCUT2D eigenvalue weighted by Crippen LogP contribution is 1.97. The summed E-state index contributed by atoms with van der Waals surface area (Å²) >= 11 is 0. The number of hydrogen-bond donors (Lipinski definition) is 1. The first kappa shape index (κ1) is 15.8. The zero-order chi connectivity index (χ0) is 12.6. The predicted octanol–water partition coefficient (Wildman–Crippen LogP) is -0.413. The first-order valence-corrected chi connectivity index (χ1v) is 7.54. The van der Waals surface area contributed by atoms with Crippen LogP contribution in [0.3, 0.4) is 0 Å². The number of methoxy groups -OCH3 is 1. The smallest absolute Gasteiger partial charge is 0.148 e. The van der Waals surface area contributed by atoms with Gasteiger partial charge in [0.2, 0.25) is 0 Å². The molecule has 0 amide bonds. The Kier molecular flexibility index (Phi) is 7.91. The summed E-state index contributed by atoms with van der Waals surface area (Å²) in [6.07, 6.45) is 1.26. The van der Waals surface area contributed by atoms with Gasteiger partial charge in [0.25, 0.3) is 0 Å². The lowest BCUT2D eigenvalue weighted by molar-refractivity contribution is 0.109. The summed E-state index contributed by atoms with van der Waals surface area (Å²) in [6, 6.07) is 0.215. The number of ether oxygens (including phenoxy) is 1. The standard InChI is InChI=1S/C10H24N2O3S/c1-5-11-8-10(9-15-3)12(2)6-7-16(4,13)14/h10-11H,5-9H2,1-4H3. The van der Waals surface area contributed by atoms with Crippen LogP contribution in [0.15, 0.2) is 0 Å². The Balaban J connectivity index is 4.09. The Morgan fingerprint density at radius 2 is 2.06 bits per heavy atom. The molecule has 98 valence electrons. The van der Waals surface area contributed by atoms with Gasteiger partial charge in [0, 0.05) is 32.5 Å². The van der Waals surface area contributed by atoms with Gasteiger partial charge in [0.15, 0.2) is 0 Å². The van der Waals surface area contributed by atoms with Gasteiger partial charge >= 0.3 is 0 Å². The molecule has 0 heterocycles. The molecule has 1 unspecified atom stereocenters. The zero-order valence-corrected chi connectivity index (χ0v) is 11.5. The molecule has 6 heteroatoms. The summed E-state index contributed by atoms with van der Waals surface area (Å²) in [5.74, 6) is 0.190. The Labute approximate surface area is 99.1 Å². The number of rotatable bonds is 9. The van der Waals surface area contributed by atoms with Crippen molar-refractivity contribution in [2.45, 2.75) is 13.0 Å². The number of nitrogens with one attached hydrogen (secondary N) is 1. The molecule has 0 fully saturated rings. The molecule has 0 spiro atoms. The molecule has 0 bridgehead atoms. The molecular weight excluding hydrogens is 228 g/mol. The molecule has 1 atom stereocenters. The third-order valence-electron chi connectivity index (χ3n) is 2.43. The summed E-state index contributed by atoms with van der Waals surface area (Å²) in [4.78, 5) is 2.02. The Morgan fingerprint density at radius 3 is 2.50 bits per heavy atom. The summed E-state index contributed by atoms with van der Waals surface area (Å²) in [5, 5.41) is 3.24. The van der Waals surface area contributed by atoms with E-state index in [1.807, 2.05) is 18.9 Å². The topological polar surface area (TPSA) is 58.6 Å². The van der Waals surface area contributed by atoms with Crippen LogP contribution < -0.4 is 5.32 Å². The molecule has 0 aliphatic rings. The highest BCUT2D eigenvalue weighted by molar-refractivity contribution is 7.90. The van der Waals surface area contributed by atoms with Crippen molar-refractivity contribution in [1.29, 1.82) is 0 Å². The van der Waals surface area contributed by atoms with Gasteiger partial charge < -0.3 is 10.1 Å². The monoisotopic (exact) mass is 252 g/mol. The number of likely N-dealkylation sites (N-methyl/N-ethyl adjacent to an activating group) is 2. The lowest BCUT2D eigenvalue weighted by Gasteiger charge is -2.27. The molecular formula is C10H24N2O3S. The van der Waals surface area contributed by atoms with E-state index in [1.165, 1.54) is 6.26 Å². The Morgan fingerprint density at radius 1 is 1.44 bits per heavy atom. The van der Waals surface area contributed by atoms with E-state index in [2.05, 4.69) is 5.32 Å². The lowest BCUT2D eigenvalue weighted by Crippen LogP contribution is -2.44. The summed E-state index contributed by atoms with van der Waals surface area (Å²) < 4.78 is 27.2. The third kappa shape index (κ3) is 8.04. The second-order valence-corrected chi connectivity index (χ2v) is 6.29. The van der Waals surface area contributed by atoms with Crippen molar-refractivity contribution in [2.24, 2.45) is 0 Å². The minimum absolute atomic E-state index is 0.190. The van der Waals surface area contributed by atoms with Crippen molar-refractivity contribution in [3.8, 4) is 0 Å². The van der Waals surface area contributed by atoms with Crippen LogP contribution in [0, 0.1) is 0 Å². The third-order valence-corrected chi connectivity index (χ3v) is 3.35. The number of hydrogen-bond acceptors (Lipinski definition) is 5. The van der Waals surface area contributed by atoms with Gasteiger partial charge in [-0.05, 0) is 13.6 Å². The predicted molar refractivity (Wildman–Crippen MR) is 66.5 cm³/mol. The van der Waals surface area contributed by atoms with Gasteiger partial charge in [-0.2, -0.15) is 0 Å². The molecule has 0 aromatic carbocycles. The maximum Gasteiger partial charge on any atom is 0.148 e. The van der Waals surface area contributed by atoms with E-state index in [9.17, 15) is 8.42 Å². The van der Waals surface area contributed by atoms with Crippen LogP contribution in [-0.2, 0) is 14.6 Å². The van der Waals surface area contributed by atoms with E-state index < -0.39 is 9.84 Å². The first-order valence-electron chi connectivity index (χ1n) is 5.48. The van der Waals surface area contributed by atoms with Crippen molar-refractivity contribution >= 4 is 9.84 Å². The van der Waals surface area contributed by atoms with Crippen LogP contribution in [0.4, 0.5) is 0 Å². The van der Waals surface area contributed by atoms with Crippen molar-refractivity contribution in [3.05, 3.63) is 0 Å². The maximum absolute atomic E-state index is 11.1. The van der Waals surface area contributed by atoms with E-state index >= 15 is 0 Å². The minimum atomic E-state index is -2.89. The Hall–Kier alpha value is -0.170. The van der Waals surface area contributed by atoms with Crippen molar-refractivity contribution in [1.82, 2.24) is 10.2 Å². The van der Waals surface area contributed by atoms with Gasteiger partial charge in [-0.3, -0.25) is 4.90 Å². The van der Waals surface area contributed by atoms with Crippen LogP contribution >= 0.6 is 0 Å². The fourth-order valence-electron chi connectivity index (χ4n) is 1.34. The second-order valence-electron chi connectivity index (χ2n) is 4.03. The van der Waals surface area contributed by atoms with Crippen LogP contribution in [-0.4, -0.2) is 71.8 Å². The molecule has 0 saturated heterocycles. The SMILES string of the molecule is CCNCC(COC)N(C)CCS(C)(=O)=O. The van der Waals surface area contributed by atoms with Gasteiger partial charge in [-0.15, -0.1) is 0 Å². The fraction of sp³-hybridized carbons (Fsp3) is 1.00. The molecule has 1 N–H and O–H groups in total. The lowest BCUT2D eigenvalue weighted by atomic mass is 10.2. The number of nitrogens with zero attached hydrogens (tertiary/aromatic N) is 1. The van der Waals surface area contributed by atoms with Crippen LogP contribution in [0.2, 0.25) is 0 Å². The molecule has 0 aliphatic carbocycles. The van der Waals surface area contributed by atoms with Gasteiger partial charge in [0.1, 0.15) is 9.84 Å². The van der Waals surface area contributed by atoms with E-state index in [1.54, 1.807) is 7.11 Å². The largest absolute Gasteiger partial charge is 0.383 e. The maximum atomic E-state index is 11.1. The van der Waals surface area contributed by atoms with Crippen LogP contribution in [0.1, 0.15) is 6.92 Å². The van der Waals surface area contributed by atoms with Gasteiger partial charge in [-0.1, -0.05) is 6.92 Å². The number of sulfone groups is 1. The molecule has 0 radical (unpaired) electrons. The van der Waals surface area contributed by atoms with E-state index in [-0.39, 0.29) is 11.8 Å².